The summed E-state index contributed by atoms with van der Waals surface area (Å²) in [6, 6.07) is 8.48. The maximum atomic E-state index is 13.8. The Hall–Kier alpha value is -3.80. The van der Waals surface area contributed by atoms with Crippen LogP contribution in [-0.4, -0.2) is 91.9 Å². The number of pyridine rings is 1. The summed E-state index contributed by atoms with van der Waals surface area (Å²) in [5.41, 5.74) is 7.09. The topological polar surface area (TPSA) is 122 Å². The first-order chi connectivity index (χ1) is 18.9. The minimum atomic E-state index is -0.450. The summed E-state index contributed by atoms with van der Waals surface area (Å²) >= 11 is 6.31. The first kappa shape index (κ1) is 25.5. The number of nitrogens with two attached hydrogens (primary N) is 1. The van der Waals surface area contributed by atoms with Gasteiger partial charge in [-0.15, -0.1) is 0 Å². The van der Waals surface area contributed by atoms with Crippen LogP contribution < -0.4 is 26.1 Å². The second-order valence-corrected chi connectivity index (χ2v) is 10.3. The molecular weight excluding hydrogens is 524 g/mol. The van der Waals surface area contributed by atoms with E-state index in [4.69, 9.17) is 26.8 Å². The normalized spacial score (nSPS) is 17.1. The molecule has 6 rings (SSSR count). The van der Waals surface area contributed by atoms with Crippen LogP contribution in [0.3, 0.4) is 0 Å². The molecule has 204 valence electrons. The zero-order valence-corrected chi connectivity index (χ0v) is 22.1. The number of carbonyl (C=O) groups is 2. The third-order valence-corrected chi connectivity index (χ3v) is 7.70. The quantitative estimate of drug-likeness (QED) is 0.388. The number of ether oxygens (including phenoxy) is 2. The average Bonchev–Trinajstić information content (AvgIpc) is 2.95. The monoisotopic (exact) mass is 552 g/mol. The third kappa shape index (κ3) is 4.88. The van der Waals surface area contributed by atoms with Crippen LogP contribution in [0.2, 0.25) is 5.02 Å². The van der Waals surface area contributed by atoms with Crippen LogP contribution in [0.1, 0.15) is 10.4 Å². The molecular formula is C27H29ClN6O5. The number of morpholine rings is 1. The number of nitrogens with one attached hydrogen (secondary N) is 1. The van der Waals surface area contributed by atoms with Crippen molar-refractivity contribution in [2.75, 3.05) is 70.5 Å². The zero-order valence-electron chi connectivity index (χ0n) is 21.3. The number of aromatic nitrogens is 1. The Bertz CT molecular complexity index is 1510. The highest BCUT2D eigenvalue weighted by molar-refractivity contribution is 6.30. The Kier molecular flexibility index (Phi) is 6.79. The molecule has 2 fully saturated rings. The van der Waals surface area contributed by atoms with Gasteiger partial charge in [-0.05, 0) is 24.3 Å². The Balaban J connectivity index is 1.38. The van der Waals surface area contributed by atoms with E-state index in [1.807, 2.05) is 10.6 Å². The number of fused-ring (bicyclic) bond motifs is 2. The van der Waals surface area contributed by atoms with E-state index in [1.54, 1.807) is 35.4 Å². The van der Waals surface area contributed by atoms with E-state index < -0.39 is 11.9 Å². The van der Waals surface area contributed by atoms with Gasteiger partial charge in [0.1, 0.15) is 11.1 Å². The van der Waals surface area contributed by atoms with Gasteiger partial charge in [-0.2, -0.15) is 0 Å². The maximum Gasteiger partial charge on any atom is 0.314 e. The van der Waals surface area contributed by atoms with Crippen LogP contribution in [-0.2, 0) is 4.74 Å². The Morgan fingerprint density at radius 1 is 1.00 bits per heavy atom. The number of hydrogen-bond donors (Lipinski definition) is 2. The van der Waals surface area contributed by atoms with E-state index in [-0.39, 0.29) is 11.0 Å². The van der Waals surface area contributed by atoms with Crippen molar-refractivity contribution in [2.45, 2.75) is 0 Å². The highest BCUT2D eigenvalue weighted by Crippen LogP contribution is 2.42. The van der Waals surface area contributed by atoms with Gasteiger partial charge in [0.2, 0.25) is 5.43 Å². The number of amides is 3. The van der Waals surface area contributed by atoms with E-state index in [0.717, 1.165) is 18.8 Å². The van der Waals surface area contributed by atoms with Crippen molar-refractivity contribution < 1.29 is 19.1 Å². The number of anilines is 1. The third-order valence-electron chi connectivity index (χ3n) is 7.47. The number of piperazine rings is 1. The number of benzene rings is 2. The second kappa shape index (κ2) is 10.4. The van der Waals surface area contributed by atoms with E-state index in [2.05, 4.69) is 15.1 Å². The molecule has 39 heavy (non-hydrogen) atoms. The SMILES string of the molecule is NC(=O)N1CCN(c2cc3c4c(c2)c(=O)c(C(=O)NCCN2CCOCC2)cn4-c2cc(Cl)ccc2O3)CC1. The number of nitrogens with zero attached hydrogens (tertiary/aromatic N) is 4. The first-order valence-electron chi connectivity index (χ1n) is 13.0. The summed E-state index contributed by atoms with van der Waals surface area (Å²) < 4.78 is 13.4. The Labute approximate surface area is 229 Å². The summed E-state index contributed by atoms with van der Waals surface area (Å²) in [6.45, 7) is 6.12. The number of primary amides is 1. The molecule has 3 aromatic rings. The number of urea groups is 1. The summed E-state index contributed by atoms with van der Waals surface area (Å²) in [6.07, 6.45) is 1.57. The van der Waals surface area contributed by atoms with E-state index in [0.29, 0.717) is 85.6 Å². The van der Waals surface area contributed by atoms with Crippen molar-refractivity contribution in [3.63, 3.8) is 0 Å². The van der Waals surface area contributed by atoms with Crippen LogP contribution >= 0.6 is 11.6 Å². The summed E-state index contributed by atoms with van der Waals surface area (Å²) in [4.78, 5) is 44.5. The minimum absolute atomic E-state index is 0.0407. The molecule has 0 spiro atoms. The molecule has 3 aliphatic heterocycles. The highest BCUT2D eigenvalue weighted by Gasteiger charge is 2.27. The van der Waals surface area contributed by atoms with Gasteiger partial charge in [0, 0.05) is 75.3 Å². The molecule has 3 aliphatic rings. The van der Waals surface area contributed by atoms with Crippen LogP contribution in [0.25, 0.3) is 16.6 Å². The van der Waals surface area contributed by atoms with Crippen molar-refractivity contribution in [3.05, 3.63) is 57.3 Å². The number of hydrogen-bond acceptors (Lipinski definition) is 7. The van der Waals surface area contributed by atoms with Crippen LogP contribution in [0.5, 0.6) is 11.5 Å². The molecule has 3 N–H and O–H groups in total. The van der Waals surface area contributed by atoms with Crippen LogP contribution in [0, 0.1) is 0 Å². The lowest BCUT2D eigenvalue weighted by atomic mass is 10.1. The Morgan fingerprint density at radius 2 is 1.77 bits per heavy atom. The van der Waals surface area contributed by atoms with Crippen molar-refractivity contribution in [1.82, 2.24) is 19.7 Å². The van der Waals surface area contributed by atoms with E-state index in [1.165, 1.54) is 0 Å². The molecule has 2 saturated heterocycles. The molecule has 0 radical (unpaired) electrons. The zero-order chi connectivity index (χ0) is 27.1. The molecule has 3 amide bonds. The number of carbonyl (C=O) groups excluding carboxylic acids is 2. The molecule has 2 aromatic carbocycles. The van der Waals surface area contributed by atoms with Crippen molar-refractivity contribution in [3.8, 4) is 17.2 Å². The van der Waals surface area contributed by atoms with Gasteiger partial charge in [-0.3, -0.25) is 14.5 Å². The van der Waals surface area contributed by atoms with Crippen LogP contribution in [0.15, 0.2) is 41.3 Å². The smallest absolute Gasteiger partial charge is 0.314 e. The fourth-order valence-electron chi connectivity index (χ4n) is 5.34. The van der Waals surface area contributed by atoms with Gasteiger partial charge in [-0.1, -0.05) is 11.6 Å². The molecule has 0 aliphatic carbocycles. The Morgan fingerprint density at radius 3 is 2.51 bits per heavy atom. The van der Waals surface area contributed by atoms with Crippen molar-refractivity contribution in [1.29, 1.82) is 0 Å². The number of rotatable bonds is 5. The van der Waals surface area contributed by atoms with Crippen molar-refractivity contribution in [2.24, 2.45) is 5.73 Å². The summed E-state index contributed by atoms with van der Waals surface area (Å²) in [5.74, 6) is 0.633. The molecule has 4 heterocycles. The fraction of sp³-hybridized carbons (Fsp3) is 0.370. The number of halogens is 1. The first-order valence-corrected chi connectivity index (χ1v) is 13.4. The van der Waals surface area contributed by atoms with Gasteiger partial charge in [-0.25, -0.2) is 4.79 Å². The summed E-state index contributed by atoms with van der Waals surface area (Å²) in [5, 5.41) is 3.79. The minimum Gasteiger partial charge on any atom is -0.453 e. The predicted octanol–water partition coefficient (Wildman–Crippen LogP) is 2.01. The van der Waals surface area contributed by atoms with Gasteiger partial charge in [0.25, 0.3) is 5.91 Å². The molecule has 0 atom stereocenters. The molecule has 0 unspecified atom stereocenters. The van der Waals surface area contributed by atoms with Crippen molar-refractivity contribution >= 4 is 40.1 Å². The van der Waals surface area contributed by atoms with Gasteiger partial charge in [0.15, 0.2) is 11.5 Å². The largest absolute Gasteiger partial charge is 0.453 e. The average molecular weight is 553 g/mol. The lowest BCUT2D eigenvalue weighted by molar-refractivity contribution is 0.0383. The molecule has 12 heteroatoms. The van der Waals surface area contributed by atoms with Crippen LogP contribution in [0.4, 0.5) is 10.5 Å². The van der Waals surface area contributed by atoms with Gasteiger partial charge < -0.3 is 34.9 Å². The molecule has 0 bridgehead atoms. The van der Waals surface area contributed by atoms with Gasteiger partial charge in [0.05, 0.1) is 24.3 Å². The predicted molar refractivity (Wildman–Crippen MR) is 148 cm³/mol. The van der Waals surface area contributed by atoms with Gasteiger partial charge >= 0.3 is 6.03 Å². The van der Waals surface area contributed by atoms with E-state index >= 15 is 0 Å². The standard InChI is InChI=1S/C27H29ClN6O5/c28-17-1-2-22-21(13-17)34-16-20(26(36)30-3-4-31-9-11-38-12-10-31)25(35)19-14-18(15-23(39-22)24(19)34)32-5-7-33(8-6-32)27(29)37/h1-2,13-16H,3-12H2,(H2,29,37)(H,30,36). The summed E-state index contributed by atoms with van der Waals surface area (Å²) in [7, 11) is 0. The molecule has 1 aromatic heterocycles. The maximum absolute atomic E-state index is 13.8. The lowest BCUT2D eigenvalue weighted by Gasteiger charge is -2.35. The molecule has 11 nitrogen and oxygen atoms in total. The second-order valence-electron chi connectivity index (χ2n) is 9.82. The lowest BCUT2D eigenvalue weighted by Crippen LogP contribution is -2.50. The highest BCUT2D eigenvalue weighted by atomic mass is 35.5. The van der Waals surface area contributed by atoms with E-state index in [9.17, 15) is 14.4 Å². The molecule has 0 saturated carbocycles. The fourth-order valence-corrected chi connectivity index (χ4v) is 5.51.